The van der Waals surface area contributed by atoms with Gasteiger partial charge in [0.25, 0.3) is 0 Å². The van der Waals surface area contributed by atoms with Gasteiger partial charge in [-0.05, 0) is 72.4 Å². The summed E-state index contributed by atoms with van der Waals surface area (Å²) in [5.74, 6) is 4.32. The lowest BCUT2D eigenvalue weighted by molar-refractivity contribution is -0.121. The van der Waals surface area contributed by atoms with Crippen LogP contribution in [0.1, 0.15) is 55.6 Å². The van der Waals surface area contributed by atoms with E-state index in [-0.39, 0.29) is 5.91 Å². The van der Waals surface area contributed by atoms with Crippen molar-refractivity contribution in [1.82, 2.24) is 5.32 Å². The topological polar surface area (TPSA) is 47.6 Å². The van der Waals surface area contributed by atoms with Crippen molar-refractivity contribution in [2.24, 2.45) is 11.8 Å². The molecule has 2 aliphatic rings. The van der Waals surface area contributed by atoms with Crippen LogP contribution in [0.3, 0.4) is 0 Å². The molecule has 1 N–H and O–H groups in total. The SMILES string of the molecule is CCCC(=O)NC[C@@H]1C[C@H]1c1cccc(OCC2CC2c2cccc(OC)c2)c1. The van der Waals surface area contributed by atoms with Gasteiger partial charge in [-0.1, -0.05) is 31.2 Å². The van der Waals surface area contributed by atoms with Crippen molar-refractivity contribution in [3.8, 4) is 11.5 Å². The summed E-state index contributed by atoms with van der Waals surface area (Å²) in [6, 6.07) is 16.9. The van der Waals surface area contributed by atoms with Crippen molar-refractivity contribution in [3.63, 3.8) is 0 Å². The molecule has 2 aliphatic carbocycles. The van der Waals surface area contributed by atoms with Crippen LogP contribution in [0.4, 0.5) is 0 Å². The fourth-order valence-electron chi connectivity index (χ4n) is 4.19. The minimum absolute atomic E-state index is 0.172. The molecule has 0 bridgehead atoms. The van der Waals surface area contributed by atoms with Gasteiger partial charge in [-0.25, -0.2) is 0 Å². The van der Waals surface area contributed by atoms with Gasteiger partial charge < -0.3 is 14.8 Å². The fraction of sp³-hybridized carbons (Fsp3) is 0.480. The quantitative estimate of drug-likeness (QED) is 0.625. The van der Waals surface area contributed by atoms with E-state index in [0.717, 1.165) is 37.5 Å². The molecule has 4 nitrogen and oxygen atoms in total. The molecule has 0 heterocycles. The highest BCUT2D eigenvalue weighted by atomic mass is 16.5. The van der Waals surface area contributed by atoms with Crippen molar-refractivity contribution in [2.45, 2.75) is 44.4 Å². The number of carbonyl (C=O) groups excluding carboxylic acids is 1. The maximum absolute atomic E-state index is 11.7. The maximum atomic E-state index is 11.7. The molecule has 2 saturated carbocycles. The predicted octanol–water partition coefficient (Wildman–Crippen LogP) is 4.90. The Kier molecular flexibility index (Phi) is 6.08. The molecule has 0 aromatic heterocycles. The zero-order valence-corrected chi connectivity index (χ0v) is 17.4. The molecule has 0 aliphatic heterocycles. The normalized spacial score (nSPS) is 24.6. The number of methoxy groups -OCH3 is 1. The van der Waals surface area contributed by atoms with E-state index in [9.17, 15) is 4.79 Å². The molecule has 2 unspecified atom stereocenters. The Hall–Kier alpha value is -2.49. The zero-order valence-electron chi connectivity index (χ0n) is 17.4. The Morgan fingerprint density at radius 3 is 2.38 bits per heavy atom. The molecule has 0 saturated heterocycles. The lowest BCUT2D eigenvalue weighted by Gasteiger charge is -2.09. The molecule has 2 aromatic rings. The Morgan fingerprint density at radius 1 is 1.00 bits per heavy atom. The van der Waals surface area contributed by atoms with Gasteiger partial charge in [0.05, 0.1) is 13.7 Å². The summed E-state index contributed by atoms with van der Waals surface area (Å²) in [5, 5.41) is 3.06. The highest BCUT2D eigenvalue weighted by molar-refractivity contribution is 5.75. The number of benzene rings is 2. The minimum Gasteiger partial charge on any atom is -0.497 e. The third-order valence-corrected chi connectivity index (χ3v) is 6.16. The average Bonchev–Trinajstić information content (AvgIpc) is 3.66. The van der Waals surface area contributed by atoms with E-state index in [2.05, 4.69) is 41.7 Å². The molecule has 154 valence electrons. The molecular formula is C25H31NO3. The van der Waals surface area contributed by atoms with Crippen LogP contribution in [-0.2, 0) is 4.79 Å². The first-order chi connectivity index (χ1) is 14.2. The molecule has 4 rings (SSSR count). The smallest absolute Gasteiger partial charge is 0.219 e. The van der Waals surface area contributed by atoms with Crippen LogP contribution >= 0.6 is 0 Å². The highest BCUT2D eigenvalue weighted by Gasteiger charge is 2.40. The van der Waals surface area contributed by atoms with Gasteiger partial charge in [0.2, 0.25) is 5.91 Å². The monoisotopic (exact) mass is 393 g/mol. The summed E-state index contributed by atoms with van der Waals surface area (Å²) in [6.07, 6.45) is 3.85. The predicted molar refractivity (Wildman–Crippen MR) is 115 cm³/mol. The largest absolute Gasteiger partial charge is 0.497 e. The molecule has 4 atom stereocenters. The number of nitrogens with one attached hydrogen (secondary N) is 1. The van der Waals surface area contributed by atoms with Crippen LogP contribution in [0.25, 0.3) is 0 Å². The van der Waals surface area contributed by atoms with Crippen LogP contribution in [0.5, 0.6) is 11.5 Å². The van der Waals surface area contributed by atoms with E-state index in [1.54, 1.807) is 7.11 Å². The Labute approximate surface area is 173 Å². The van der Waals surface area contributed by atoms with Crippen LogP contribution in [-0.4, -0.2) is 26.2 Å². The molecule has 0 spiro atoms. The van der Waals surface area contributed by atoms with E-state index in [1.807, 2.05) is 19.1 Å². The summed E-state index contributed by atoms with van der Waals surface area (Å²) in [5.41, 5.74) is 2.68. The van der Waals surface area contributed by atoms with Crippen molar-refractivity contribution >= 4 is 5.91 Å². The van der Waals surface area contributed by atoms with Crippen molar-refractivity contribution in [1.29, 1.82) is 0 Å². The van der Waals surface area contributed by atoms with Gasteiger partial charge in [-0.3, -0.25) is 4.79 Å². The Balaban J connectivity index is 1.25. The third-order valence-electron chi connectivity index (χ3n) is 6.16. The van der Waals surface area contributed by atoms with E-state index < -0.39 is 0 Å². The summed E-state index contributed by atoms with van der Waals surface area (Å²) in [7, 11) is 1.71. The van der Waals surface area contributed by atoms with Crippen LogP contribution in [0, 0.1) is 11.8 Å². The number of amides is 1. The van der Waals surface area contributed by atoms with Gasteiger partial charge in [0, 0.05) is 18.9 Å². The van der Waals surface area contributed by atoms with E-state index >= 15 is 0 Å². The summed E-state index contributed by atoms with van der Waals surface area (Å²) >= 11 is 0. The molecule has 2 fully saturated rings. The number of ether oxygens (including phenoxy) is 2. The van der Waals surface area contributed by atoms with Crippen LogP contribution < -0.4 is 14.8 Å². The maximum Gasteiger partial charge on any atom is 0.219 e. The van der Waals surface area contributed by atoms with Gasteiger partial charge in [0.1, 0.15) is 11.5 Å². The van der Waals surface area contributed by atoms with Gasteiger partial charge in [0.15, 0.2) is 0 Å². The fourth-order valence-corrected chi connectivity index (χ4v) is 4.19. The minimum atomic E-state index is 0.172. The van der Waals surface area contributed by atoms with E-state index in [1.165, 1.54) is 17.5 Å². The molecule has 0 radical (unpaired) electrons. The first kappa shape index (κ1) is 19.8. The second kappa shape index (κ2) is 8.89. The number of hydrogen-bond donors (Lipinski definition) is 1. The molecule has 2 aromatic carbocycles. The third kappa shape index (κ3) is 5.11. The first-order valence-corrected chi connectivity index (χ1v) is 10.8. The van der Waals surface area contributed by atoms with Crippen molar-refractivity contribution < 1.29 is 14.3 Å². The van der Waals surface area contributed by atoms with Crippen molar-refractivity contribution in [2.75, 3.05) is 20.3 Å². The highest BCUT2D eigenvalue weighted by Crippen LogP contribution is 2.49. The first-order valence-electron chi connectivity index (χ1n) is 10.8. The van der Waals surface area contributed by atoms with E-state index in [4.69, 9.17) is 9.47 Å². The lowest BCUT2D eigenvalue weighted by atomic mass is 10.1. The number of carbonyl (C=O) groups is 1. The molecule has 4 heteroatoms. The summed E-state index contributed by atoms with van der Waals surface area (Å²) in [6.45, 7) is 3.58. The molecule has 1 amide bonds. The van der Waals surface area contributed by atoms with E-state index in [0.29, 0.717) is 30.1 Å². The Morgan fingerprint density at radius 2 is 1.66 bits per heavy atom. The van der Waals surface area contributed by atoms with Gasteiger partial charge in [-0.15, -0.1) is 0 Å². The summed E-state index contributed by atoms with van der Waals surface area (Å²) in [4.78, 5) is 11.7. The van der Waals surface area contributed by atoms with Crippen LogP contribution in [0.2, 0.25) is 0 Å². The zero-order chi connectivity index (χ0) is 20.2. The Bertz CT molecular complexity index is 849. The summed E-state index contributed by atoms with van der Waals surface area (Å²) < 4.78 is 11.5. The van der Waals surface area contributed by atoms with Crippen LogP contribution in [0.15, 0.2) is 48.5 Å². The van der Waals surface area contributed by atoms with Gasteiger partial charge in [-0.2, -0.15) is 0 Å². The standard InChI is InChI=1S/C25H31NO3/c1-3-6-25(27)26-15-19-13-23(19)18-8-5-10-22(12-18)29-16-20-14-24(20)17-7-4-9-21(11-17)28-2/h4-5,7-12,19-20,23-24H,3,6,13-16H2,1-2H3,(H,26,27)/t19-,20?,23-,24?/m0/s1. The van der Waals surface area contributed by atoms with Gasteiger partial charge >= 0.3 is 0 Å². The number of hydrogen-bond acceptors (Lipinski definition) is 3. The second-order valence-corrected chi connectivity index (χ2v) is 8.42. The molecular weight excluding hydrogens is 362 g/mol. The average molecular weight is 394 g/mol. The lowest BCUT2D eigenvalue weighted by Crippen LogP contribution is -2.25. The molecule has 29 heavy (non-hydrogen) atoms. The second-order valence-electron chi connectivity index (χ2n) is 8.42. The van der Waals surface area contributed by atoms with Crippen molar-refractivity contribution in [3.05, 3.63) is 59.7 Å². The number of rotatable bonds is 10.